The normalized spacial score (nSPS) is 19.4. The standard InChI is InChI=1S/C14H16FN3O2/c1-17-14(19)13-9-20-5-4-18(13)8-11-6-12(15)3-2-10(11)7-16/h2-3,6,13H,4-5,8-9H2,1H3,(H,17,19). The monoisotopic (exact) mass is 277 g/mol. The van der Waals surface area contributed by atoms with Gasteiger partial charge in [-0.15, -0.1) is 0 Å². The molecule has 20 heavy (non-hydrogen) atoms. The van der Waals surface area contributed by atoms with Gasteiger partial charge in [-0.1, -0.05) is 0 Å². The summed E-state index contributed by atoms with van der Waals surface area (Å²) in [4.78, 5) is 13.7. The lowest BCUT2D eigenvalue weighted by Gasteiger charge is -2.34. The summed E-state index contributed by atoms with van der Waals surface area (Å²) in [7, 11) is 1.57. The number of carbonyl (C=O) groups is 1. The van der Waals surface area contributed by atoms with E-state index >= 15 is 0 Å². The third-order valence-corrected chi connectivity index (χ3v) is 3.35. The molecule has 106 valence electrons. The molecule has 1 aromatic rings. The first-order valence-corrected chi connectivity index (χ1v) is 6.37. The van der Waals surface area contributed by atoms with E-state index in [4.69, 9.17) is 10.00 Å². The van der Waals surface area contributed by atoms with Gasteiger partial charge < -0.3 is 10.1 Å². The number of halogens is 1. The Labute approximate surface area is 116 Å². The van der Waals surface area contributed by atoms with Gasteiger partial charge in [-0.25, -0.2) is 4.39 Å². The minimum Gasteiger partial charge on any atom is -0.378 e. The van der Waals surface area contributed by atoms with Crippen LogP contribution in [0.1, 0.15) is 11.1 Å². The van der Waals surface area contributed by atoms with Crippen molar-refractivity contribution in [2.45, 2.75) is 12.6 Å². The minimum atomic E-state index is -0.413. The number of ether oxygens (including phenoxy) is 1. The second kappa shape index (κ2) is 6.46. The first-order valence-electron chi connectivity index (χ1n) is 6.37. The zero-order valence-corrected chi connectivity index (χ0v) is 11.2. The quantitative estimate of drug-likeness (QED) is 0.880. The van der Waals surface area contributed by atoms with Gasteiger partial charge in [0.05, 0.1) is 24.8 Å². The number of nitrogens with one attached hydrogen (secondary N) is 1. The third kappa shape index (κ3) is 3.13. The summed E-state index contributed by atoms with van der Waals surface area (Å²) < 4.78 is 18.6. The van der Waals surface area contributed by atoms with Crippen molar-refractivity contribution in [3.8, 4) is 6.07 Å². The fourth-order valence-corrected chi connectivity index (χ4v) is 2.26. The zero-order chi connectivity index (χ0) is 14.5. The maximum Gasteiger partial charge on any atom is 0.239 e. The summed E-state index contributed by atoms with van der Waals surface area (Å²) in [5.74, 6) is -0.525. The largest absolute Gasteiger partial charge is 0.378 e. The Morgan fingerprint density at radius 2 is 2.45 bits per heavy atom. The lowest BCUT2D eigenvalue weighted by atomic mass is 10.1. The van der Waals surface area contributed by atoms with Crippen molar-refractivity contribution < 1.29 is 13.9 Å². The fourth-order valence-electron chi connectivity index (χ4n) is 2.26. The summed E-state index contributed by atoms with van der Waals surface area (Å²) in [5.41, 5.74) is 1.01. The van der Waals surface area contributed by atoms with Gasteiger partial charge in [0.25, 0.3) is 0 Å². The molecular weight excluding hydrogens is 261 g/mol. The molecule has 0 aromatic heterocycles. The molecule has 1 heterocycles. The highest BCUT2D eigenvalue weighted by Crippen LogP contribution is 2.17. The molecule has 1 saturated heterocycles. The van der Waals surface area contributed by atoms with Crippen molar-refractivity contribution in [3.05, 3.63) is 35.1 Å². The van der Waals surface area contributed by atoms with Crippen LogP contribution in [0, 0.1) is 17.1 Å². The molecule has 1 unspecified atom stereocenters. The third-order valence-electron chi connectivity index (χ3n) is 3.35. The van der Waals surface area contributed by atoms with Crippen LogP contribution in [0.3, 0.4) is 0 Å². The summed E-state index contributed by atoms with van der Waals surface area (Å²) >= 11 is 0. The predicted octanol–water partition coefficient (Wildman–Crippen LogP) is 0.644. The predicted molar refractivity (Wildman–Crippen MR) is 70.2 cm³/mol. The highest BCUT2D eigenvalue weighted by molar-refractivity contribution is 5.81. The second-order valence-corrected chi connectivity index (χ2v) is 4.59. The summed E-state index contributed by atoms with van der Waals surface area (Å²) in [5, 5.41) is 11.7. The summed E-state index contributed by atoms with van der Waals surface area (Å²) in [6.45, 7) is 1.74. The molecule has 5 nitrogen and oxygen atoms in total. The summed E-state index contributed by atoms with van der Waals surface area (Å²) in [6, 6.07) is 5.69. The van der Waals surface area contributed by atoms with Gasteiger partial charge in [0.2, 0.25) is 5.91 Å². The first-order chi connectivity index (χ1) is 9.65. The van der Waals surface area contributed by atoms with Crippen LogP contribution in [-0.4, -0.2) is 43.7 Å². The van der Waals surface area contributed by atoms with Crippen LogP contribution in [0.5, 0.6) is 0 Å². The van der Waals surface area contributed by atoms with Crippen LogP contribution in [-0.2, 0) is 16.1 Å². The van der Waals surface area contributed by atoms with Gasteiger partial charge >= 0.3 is 0 Å². The van der Waals surface area contributed by atoms with Crippen LogP contribution < -0.4 is 5.32 Å². The lowest BCUT2D eigenvalue weighted by Crippen LogP contribution is -2.52. The molecule has 1 aliphatic rings. The number of hydrogen-bond donors (Lipinski definition) is 1. The van der Waals surface area contributed by atoms with E-state index < -0.39 is 6.04 Å². The van der Waals surface area contributed by atoms with E-state index in [1.54, 1.807) is 7.05 Å². The molecule has 0 spiro atoms. The molecule has 1 atom stereocenters. The molecule has 0 aliphatic carbocycles. The molecule has 1 aliphatic heterocycles. The lowest BCUT2D eigenvalue weighted by molar-refractivity contribution is -0.132. The van der Waals surface area contributed by atoms with Gasteiger partial charge in [0.15, 0.2) is 0 Å². The van der Waals surface area contributed by atoms with E-state index in [-0.39, 0.29) is 11.7 Å². The van der Waals surface area contributed by atoms with E-state index in [0.29, 0.717) is 37.4 Å². The number of morpholine rings is 1. The van der Waals surface area contributed by atoms with E-state index in [9.17, 15) is 9.18 Å². The number of amides is 1. The highest BCUT2D eigenvalue weighted by atomic mass is 19.1. The van der Waals surface area contributed by atoms with Crippen molar-refractivity contribution in [2.24, 2.45) is 0 Å². The SMILES string of the molecule is CNC(=O)C1COCCN1Cc1cc(F)ccc1C#N. The van der Waals surface area contributed by atoms with Crippen LogP contribution in [0.25, 0.3) is 0 Å². The minimum absolute atomic E-state index is 0.139. The molecule has 1 N–H and O–H groups in total. The molecule has 0 bridgehead atoms. The Balaban J connectivity index is 2.21. The number of nitrogens with zero attached hydrogens (tertiary/aromatic N) is 2. The smallest absolute Gasteiger partial charge is 0.239 e. The Morgan fingerprint density at radius 3 is 3.15 bits per heavy atom. The molecule has 6 heteroatoms. The molecule has 1 amide bonds. The maximum absolute atomic E-state index is 13.3. The van der Waals surface area contributed by atoms with Crippen molar-refractivity contribution in [1.82, 2.24) is 10.2 Å². The van der Waals surface area contributed by atoms with E-state index in [1.165, 1.54) is 18.2 Å². The molecule has 0 radical (unpaired) electrons. The molecule has 1 fully saturated rings. The number of likely N-dealkylation sites (N-methyl/N-ethyl adjacent to an activating group) is 1. The summed E-state index contributed by atoms with van der Waals surface area (Å²) in [6.07, 6.45) is 0. The van der Waals surface area contributed by atoms with Crippen molar-refractivity contribution in [2.75, 3.05) is 26.8 Å². The molecule has 1 aromatic carbocycles. The van der Waals surface area contributed by atoms with Crippen LogP contribution >= 0.6 is 0 Å². The topological polar surface area (TPSA) is 65.4 Å². The Kier molecular flexibility index (Phi) is 4.66. The number of nitriles is 1. The van der Waals surface area contributed by atoms with Crippen molar-refractivity contribution in [1.29, 1.82) is 5.26 Å². The van der Waals surface area contributed by atoms with E-state index in [2.05, 4.69) is 5.32 Å². The first kappa shape index (κ1) is 14.4. The van der Waals surface area contributed by atoms with Crippen LogP contribution in [0.2, 0.25) is 0 Å². The zero-order valence-electron chi connectivity index (χ0n) is 11.2. The second-order valence-electron chi connectivity index (χ2n) is 4.59. The number of benzene rings is 1. The highest BCUT2D eigenvalue weighted by Gasteiger charge is 2.29. The van der Waals surface area contributed by atoms with Gasteiger partial charge in [-0.3, -0.25) is 9.69 Å². The number of rotatable bonds is 3. The Hall–Kier alpha value is -1.97. The van der Waals surface area contributed by atoms with Gasteiger partial charge in [0, 0.05) is 20.1 Å². The molecule has 2 rings (SSSR count). The average molecular weight is 277 g/mol. The number of hydrogen-bond acceptors (Lipinski definition) is 4. The average Bonchev–Trinajstić information content (AvgIpc) is 2.47. The number of carbonyl (C=O) groups excluding carboxylic acids is 1. The maximum atomic E-state index is 13.3. The van der Waals surface area contributed by atoms with Crippen LogP contribution in [0.15, 0.2) is 18.2 Å². The van der Waals surface area contributed by atoms with Gasteiger partial charge in [0.1, 0.15) is 11.9 Å². The molecule has 0 saturated carbocycles. The van der Waals surface area contributed by atoms with Crippen molar-refractivity contribution in [3.63, 3.8) is 0 Å². The van der Waals surface area contributed by atoms with Crippen molar-refractivity contribution >= 4 is 5.91 Å². The Bertz CT molecular complexity index is 542. The van der Waals surface area contributed by atoms with Gasteiger partial charge in [-0.05, 0) is 23.8 Å². The van der Waals surface area contributed by atoms with Gasteiger partial charge in [-0.2, -0.15) is 5.26 Å². The molecular formula is C14H16FN3O2. The fraction of sp³-hybridized carbons (Fsp3) is 0.429. The van der Waals surface area contributed by atoms with Crippen LogP contribution in [0.4, 0.5) is 4.39 Å². The van der Waals surface area contributed by atoms with E-state index in [1.807, 2.05) is 11.0 Å². The Morgan fingerprint density at radius 1 is 1.65 bits per heavy atom. The van der Waals surface area contributed by atoms with E-state index in [0.717, 1.165) is 0 Å².